The second-order valence-corrected chi connectivity index (χ2v) is 6.16. The Labute approximate surface area is 131 Å². The zero-order valence-corrected chi connectivity index (χ0v) is 13.3. The van der Waals surface area contributed by atoms with Gasteiger partial charge in [0, 0.05) is 12.5 Å². The van der Waals surface area contributed by atoms with Crippen molar-refractivity contribution in [1.82, 2.24) is 15.0 Å². The fourth-order valence-electron chi connectivity index (χ4n) is 2.91. The molecule has 1 aromatic carbocycles. The van der Waals surface area contributed by atoms with E-state index in [1.165, 1.54) is 18.4 Å². The van der Waals surface area contributed by atoms with E-state index in [1.54, 1.807) is 0 Å². The lowest BCUT2D eigenvalue weighted by atomic mass is 10.1. The molecule has 2 heterocycles. The van der Waals surface area contributed by atoms with E-state index in [-0.39, 0.29) is 5.92 Å². The summed E-state index contributed by atoms with van der Waals surface area (Å²) in [5, 5.41) is 7.32. The predicted octanol–water partition coefficient (Wildman–Crippen LogP) is 3.44. The smallest absolute Gasteiger partial charge is 0.321 e. The summed E-state index contributed by atoms with van der Waals surface area (Å²) in [7, 11) is 0. The van der Waals surface area contributed by atoms with Crippen LogP contribution >= 0.6 is 0 Å². The number of anilines is 1. The van der Waals surface area contributed by atoms with E-state index < -0.39 is 0 Å². The molecule has 0 saturated carbocycles. The Morgan fingerprint density at radius 3 is 2.55 bits per heavy atom. The van der Waals surface area contributed by atoms with E-state index in [2.05, 4.69) is 64.5 Å². The number of hydrogen-bond donors (Lipinski definition) is 1. The minimum Gasteiger partial charge on any atom is -0.336 e. The highest BCUT2D eigenvalue weighted by molar-refractivity contribution is 5.25. The SMILES string of the molecule is CC(C)c1noc(NCC(c2ccccc2)N2CCCC2)n1. The number of hydrogen-bond acceptors (Lipinski definition) is 5. The molecule has 0 radical (unpaired) electrons. The second-order valence-electron chi connectivity index (χ2n) is 6.16. The Kier molecular flexibility index (Phi) is 4.73. The van der Waals surface area contributed by atoms with Crippen LogP contribution in [0.4, 0.5) is 6.01 Å². The molecule has 1 unspecified atom stereocenters. The Morgan fingerprint density at radius 1 is 1.18 bits per heavy atom. The Morgan fingerprint density at radius 2 is 1.91 bits per heavy atom. The van der Waals surface area contributed by atoms with Crippen molar-refractivity contribution in [3.05, 3.63) is 41.7 Å². The minimum atomic E-state index is 0.280. The lowest BCUT2D eigenvalue weighted by Gasteiger charge is -2.27. The molecule has 5 nitrogen and oxygen atoms in total. The fraction of sp³-hybridized carbons (Fsp3) is 0.529. The molecule has 2 aromatic rings. The van der Waals surface area contributed by atoms with Crippen molar-refractivity contribution >= 4 is 6.01 Å². The topological polar surface area (TPSA) is 54.2 Å². The van der Waals surface area contributed by atoms with Gasteiger partial charge in [-0.25, -0.2) is 0 Å². The van der Waals surface area contributed by atoms with Crippen LogP contribution in [0.1, 0.15) is 50.0 Å². The molecule has 1 fully saturated rings. The predicted molar refractivity (Wildman–Crippen MR) is 86.9 cm³/mol. The van der Waals surface area contributed by atoms with Gasteiger partial charge in [-0.3, -0.25) is 4.90 Å². The molecule has 1 aliphatic rings. The fourth-order valence-corrected chi connectivity index (χ4v) is 2.91. The van der Waals surface area contributed by atoms with Gasteiger partial charge < -0.3 is 9.84 Å². The van der Waals surface area contributed by atoms with E-state index in [0.29, 0.717) is 12.1 Å². The maximum atomic E-state index is 5.28. The third-order valence-corrected chi connectivity index (χ3v) is 4.17. The average molecular weight is 300 g/mol. The molecule has 5 heteroatoms. The molecule has 0 spiro atoms. The molecule has 22 heavy (non-hydrogen) atoms. The van der Waals surface area contributed by atoms with E-state index in [0.717, 1.165) is 25.5 Å². The number of nitrogens with zero attached hydrogens (tertiary/aromatic N) is 3. The van der Waals surface area contributed by atoms with Gasteiger partial charge in [-0.2, -0.15) is 4.98 Å². The summed E-state index contributed by atoms with van der Waals surface area (Å²) in [6.45, 7) is 7.21. The van der Waals surface area contributed by atoms with E-state index in [1.807, 2.05) is 0 Å². The summed E-state index contributed by atoms with van der Waals surface area (Å²) in [6.07, 6.45) is 2.56. The van der Waals surface area contributed by atoms with E-state index >= 15 is 0 Å². The second kappa shape index (κ2) is 6.92. The first kappa shape index (κ1) is 15.0. The molecule has 1 N–H and O–H groups in total. The summed E-state index contributed by atoms with van der Waals surface area (Å²) in [6, 6.07) is 11.5. The molecular formula is C17H24N4O. The minimum absolute atomic E-state index is 0.280. The molecular weight excluding hydrogens is 276 g/mol. The number of likely N-dealkylation sites (tertiary alicyclic amines) is 1. The lowest BCUT2D eigenvalue weighted by Crippen LogP contribution is -2.31. The molecule has 0 aliphatic carbocycles. The average Bonchev–Trinajstić information content (AvgIpc) is 3.20. The van der Waals surface area contributed by atoms with Crippen LogP contribution < -0.4 is 5.32 Å². The highest BCUT2D eigenvalue weighted by Crippen LogP contribution is 2.25. The molecule has 3 rings (SSSR count). The van der Waals surface area contributed by atoms with Gasteiger partial charge in [0.1, 0.15) is 0 Å². The number of nitrogens with one attached hydrogen (secondary N) is 1. The van der Waals surface area contributed by atoms with Crippen LogP contribution in [0.2, 0.25) is 0 Å². The standard InChI is InChI=1S/C17H24N4O/c1-13(2)16-19-17(22-20-16)18-12-15(21-10-6-7-11-21)14-8-4-3-5-9-14/h3-5,8-9,13,15H,6-7,10-12H2,1-2H3,(H,18,19,20). The summed E-state index contributed by atoms with van der Waals surface area (Å²) in [4.78, 5) is 6.92. The Bertz CT molecular complexity index is 575. The maximum absolute atomic E-state index is 5.28. The van der Waals surface area contributed by atoms with Crippen molar-refractivity contribution in [2.45, 2.75) is 38.6 Å². The van der Waals surface area contributed by atoms with E-state index in [4.69, 9.17) is 4.52 Å². The van der Waals surface area contributed by atoms with Crippen molar-refractivity contribution < 1.29 is 4.52 Å². The molecule has 1 saturated heterocycles. The summed E-state index contributed by atoms with van der Waals surface area (Å²) in [5.74, 6) is 1.03. The van der Waals surface area contributed by atoms with Crippen molar-refractivity contribution in [1.29, 1.82) is 0 Å². The van der Waals surface area contributed by atoms with Crippen LogP contribution in [0.25, 0.3) is 0 Å². The first-order valence-electron chi connectivity index (χ1n) is 8.10. The molecule has 0 amide bonds. The Balaban J connectivity index is 1.69. The molecule has 1 aliphatic heterocycles. The van der Waals surface area contributed by atoms with Gasteiger partial charge in [-0.15, -0.1) is 0 Å². The molecule has 1 atom stereocenters. The summed E-state index contributed by atoms with van der Waals surface area (Å²) >= 11 is 0. The van der Waals surface area contributed by atoms with Crippen LogP contribution in [0.5, 0.6) is 0 Å². The zero-order chi connectivity index (χ0) is 15.4. The van der Waals surface area contributed by atoms with Gasteiger partial charge in [0.15, 0.2) is 5.82 Å². The van der Waals surface area contributed by atoms with Gasteiger partial charge in [-0.1, -0.05) is 49.3 Å². The van der Waals surface area contributed by atoms with Crippen molar-refractivity contribution in [3.8, 4) is 0 Å². The van der Waals surface area contributed by atoms with Crippen LogP contribution in [0, 0.1) is 0 Å². The van der Waals surface area contributed by atoms with Crippen LogP contribution in [-0.2, 0) is 0 Å². The third kappa shape index (κ3) is 3.47. The largest absolute Gasteiger partial charge is 0.336 e. The van der Waals surface area contributed by atoms with Crippen molar-refractivity contribution in [2.24, 2.45) is 0 Å². The first-order chi connectivity index (χ1) is 10.7. The number of rotatable bonds is 6. The van der Waals surface area contributed by atoms with E-state index in [9.17, 15) is 0 Å². The quantitative estimate of drug-likeness (QED) is 0.885. The normalized spacial score (nSPS) is 17.0. The zero-order valence-electron chi connectivity index (χ0n) is 13.3. The lowest BCUT2D eigenvalue weighted by molar-refractivity contribution is 0.254. The molecule has 118 valence electrons. The first-order valence-corrected chi connectivity index (χ1v) is 8.10. The van der Waals surface area contributed by atoms with Crippen LogP contribution in [0.15, 0.2) is 34.9 Å². The highest BCUT2D eigenvalue weighted by atomic mass is 16.5. The number of benzene rings is 1. The van der Waals surface area contributed by atoms with Gasteiger partial charge in [0.25, 0.3) is 0 Å². The molecule has 1 aromatic heterocycles. The van der Waals surface area contributed by atoms with Crippen LogP contribution in [-0.4, -0.2) is 34.7 Å². The van der Waals surface area contributed by atoms with Crippen LogP contribution in [0.3, 0.4) is 0 Å². The molecule has 0 bridgehead atoms. The monoisotopic (exact) mass is 300 g/mol. The van der Waals surface area contributed by atoms with Gasteiger partial charge in [-0.05, 0) is 31.5 Å². The maximum Gasteiger partial charge on any atom is 0.321 e. The summed E-state index contributed by atoms with van der Waals surface area (Å²) in [5.41, 5.74) is 1.33. The highest BCUT2D eigenvalue weighted by Gasteiger charge is 2.23. The summed E-state index contributed by atoms with van der Waals surface area (Å²) < 4.78 is 5.28. The van der Waals surface area contributed by atoms with Crippen molar-refractivity contribution in [3.63, 3.8) is 0 Å². The third-order valence-electron chi connectivity index (χ3n) is 4.17. The number of aromatic nitrogens is 2. The Hall–Kier alpha value is -1.88. The van der Waals surface area contributed by atoms with Crippen molar-refractivity contribution in [2.75, 3.05) is 25.0 Å². The van der Waals surface area contributed by atoms with Gasteiger partial charge in [0.05, 0.1) is 6.04 Å². The van der Waals surface area contributed by atoms with Gasteiger partial charge in [0.2, 0.25) is 0 Å². The van der Waals surface area contributed by atoms with Gasteiger partial charge >= 0.3 is 6.01 Å².